The third-order valence-electron chi connectivity index (χ3n) is 4.20. The zero-order valence-corrected chi connectivity index (χ0v) is 13.3. The summed E-state index contributed by atoms with van der Waals surface area (Å²) in [4.78, 5) is 24.3. The van der Waals surface area contributed by atoms with E-state index in [9.17, 15) is 14.0 Å². The van der Waals surface area contributed by atoms with E-state index < -0.39 is 5.92 Å². The van der Waals surface area contributed by atoms with E-state index in [4.69, 9.17) is 0 Å². The lowest BCUT2D eigenvalue weighted by Gasteiger charge is -2.29. The summed E-state index contributed by atoms with van der Waals surface area (Å²) in [5.41, 5.74) is 0.836. The summed E-state index contributed by atoms with van der Waals surface area (Å²) in [7, 11) is 0. The number of nitrogens with one attached hydrogen (secondary N) is 2. The molecule has 0 radical (unpaired) electrons. The molecule has 1 fully saturated rings. The highest BCUT2D eigenvalue weighted by atomic mass is 19.1. The van der Waals surface area contributed by atoms with Crippen LogP contribution in [-0.4, -0.2) is 24.9 Å². The minimum atomic E-state index is -0.631. The lowest BCUT2D eigenvalue weighted by atomic mass is 9.74. The molecular formula is C17H23FN2O2. The molecule has 4 nitrogen and oxygen atoms in total. The molecule has 0 spiro atoms. The second-order valence-electron chi connectivity index (χ2n) is 6.86. The molecule has 22 heavy (non-hydrogen) atoms. The van der Waals surface area contributed by atoms with Crippen LogP contribution in [0.1, 0.15) is 26.3 Å². The maximum absolute atomic E-state index is 12.8. The Kier molecular flexibility index (Phi) is 4.84. The summed E-state index contributed by atoms with van der Waals surface area (Å²) in [6, 6.07) is 6.19. The van der Waals surface area contributed by atoms with Crippen LogP contribution in [0.2, 0.25) is 0 Å². The molecule has 2 amide bonds. The molecule has 1 aromatic carbocycles. The first-order chi connectivity index (χ1) is 10.3. The topological polar surface area (TPSA) is 58.2 Å². The van der Waals surface area contributed by atoms with Gasteiger partial charge < -0.3 is 10.6 Å². The first-order valence-corrected chi connectivity index (χ1v) is 7.59. The minimum Gasteiger partial charge on any atom is -0.355 e. The highest BCUT2D eigenvalue weighted by Gasteiger charge is 2.45. The molecule has 1 aliphatic rings. The van der Waals surface area contributed by atoms with E-state index >= 15 is 0 Å². The Morgan fingerprint density at radius 3 is 2.55 bits per heavy atom. The van der Waals surface area contributed by atoms with Gasteiger partial charge in [-0.25, -0.2) is 4.39 Å². The molecule has 0 saturated carbocycles. The van der Waals surface area contributed by atoms with Crippen LogP contribution in [0, 0.1) is 23.1 Å². The van der Waals surface area contributed by atoms with Crippen molar-refractivity contribution >= 4 is 11.8 Å². The molecule has 120 valence electrons. The summed E-state index contributed by atoms with van der Waals surface area (Å²) in [5.74, 6) is -1.33. The van der Waals surface area contributed by atoms with E-state index in [0.29, 0.717) is 19.5 Å². The summed E-state index contributed by atoms with van der Waals surface area (Å²) < 4.78 is 12.8. The Hall–Kier alpha value is -1.91. The van der Waals surface area contributed by atoms with Crippen LogP contribution in [0.3, 0.4) is 0 Å². The monoisotopic (exact) mass is 306 g/mol. The van der Waals surface area contributed by atoms with Gasteiger partial charge in [-0.15, -0.1) is 0 Å². The van der Waals surface area contributed by atoms with Crippen molar-refractivity contribution in [2.75, 3.05) is 13.1 Å². The van der Waals surface area contributed by atoms with Crippen LogP contribution >= 0.6 is 0 Å². The number of halogens is 1. The third-order valence-corrected chi connectivity index (χ3v) is 4.20. The summed E-state index contributed by atoms with van der Waals surface area (Å²) in [6.07, 6.45) is 0.612. The molecule has 0 aromatic heterocycles. The highest BCUT2D eigenvalue weighted by Crippen LogP contribution is 2.35. The average molecular weight is 306 g/mol. The van der Waals surface area contributed by atoms with Crippen molar-refractivity contribution in [2.45, 2.75) is 27.2 Å². The number of benzene rings is 1. The third kappa shape index (κ3) is 3.84. The summed E-state index contributed by atoms with van der Waals surface area (Å²) in [6.45, 7) is 7.09. The van der Waals surface area contributed by atoms with Crippen LogP contribution in [0.25, 0.3) is 0 Å². The van der Waals surface area contributed by atoms with Crippen LogP contribution in [-0.2, 0) is 16.0 Å². The van der Waals surface area contributed by atoms with Gasteiger partial charge in [-0.05, 0) is 29.5 Å². The van der Waals surface area contributed by atoms with Gasteiger partial charge in [-0.3, -0.25) is 9.59 Å². The zero-order chi connectivity index (χ0) is 16.3. The minimum absolute atomic E-state index is 0.00850. The van der Waals surface area contributed by atoms with E-state index in [2.05, 4.69) is 10.6 Å². The van der Waals surface area contributed by atoms with Crippen molar-refractivity contribution in [3.8, 4) is 0 Å². The second-order valence-corrected chi connectivity index (χ2v) is 6.86. The maximum Gasteiger partial charge on any atom is 0.232 e. The van der Waals surface area contributed by atoms with Crippen molar-refractivity contribution in [1.29, 1.82) is 0 Å². The number of carbonyl (C=O) groups is 2. The Morgan fingerprint density at radius 1 is 1.32 bits per heavy atom. The summed E-state index contributed by atoms with van der Waals surface area (Å²) >= 11 is 0. The normalized spacial score (nSPS) is 21.5. The lowest BCUT2D eigenvalue weighted by molar-refractivity contribution is -0.135. The van der Waals surface area contributed by atoms with Gasteiger partial charge in [0.05, 0.1) is 0 Å². The molecule has 2 rings (SSSR count). The number of carbonyl (C=O) groups excluding carboxylic acids is 2. The Labute approximate surface area is 130 Å². The maximum atomic E-state index is 12.8. The van der Waals surface area contributed by atoms with Crippen LogP contribution < -0.4 is 10.6 Å². The molecule has 2 atom stereocenters. The van der Waals surface area contributed by atoms with E-state index in [1.807, 2.05) is 20.8 Å². The fourth-order valence-electron chi connectivity index (χ4n) is 2.82. The lowest BCUT2D eigenvalue weighted by Crippen LogP contribution is -2.41. The van der Waals surface area contributed by atoms with Crippen molar-refractivity contribution in [1.82, 2.24) is 10.6 Å². The molecule has 2 N–H and O–H groups in total. The SMILES string of the molecule is CC(C)(C)[C@@H]1CNC(=O)[C@H]1C(=O)NCCc1ccc(F)cc1. The Morgan fingerprint density at radius 2 is 1.95 bits per heavy atom. The first kappa shape index (κ1) is 16.5. The molecular weight excluding hydrogens is 283 g/mol. The van der Waals surface area contributed by atoms with E-state index in [1.54, 1.807) is 12.1 Å². The van der Waals surface area contributed by atoms with Crippen molar-refractivity contribution in [3.63, 3.8) is 0 Å². The fourth-order valence-corrected chi connectivity index (χ4v) is 2.82. The van der Waals surface area contributed by atoms with Crippen molar-refractivity contribution in [3.05, 3.63) is 35.6 Å². The molecule has 0 bridgehead atoms. The van der Waals surface area contributed by atoms with Crippen LogP contribution in [0.15, 0.2) is 24.3 Å². The quantitative estimate of drug-likeness (QED) is 0.835. The molecule has 1 saturated heterocycles. The van der Waals surface area contributed by atoms with Gasteiger partial charge >= 0.3 is 0 Å². The van der Waals surface area contributed by atoms with Gasteiger partial charge in [0.15, 0.2) is 0 Å². The largest absolute Gasteiger partial charge is 0.355 e. The fraction of sp³-hybridized carbons (Fsp3) is 0.529. The Bertz CT molecular complexity index is 549. The van der Waals surface area contributed by atoms with E-state index in [0.717, 1.165) is 5.56 Å². The molecule has 5 heteroatoms. The van der Waals surface area contributed by atoms with Crippen molar-refractivity contribution < 1.29 is 14.0 Å². The molecule has 1 heterocycles. The molecule has 0 unspecified atom stereocenters. The van der Waals surface area contributed by atoms with E-state index in [1.165, 1.54) is 12.1 Å². The van der Waals surface area contributed by atoms with E-state index in [-0.39, 0.29) is 29.0 Å². The predicted molar refractivity (Wildman–Crippen MR) is 82.6 cm³/mol. The zero-order valence-electron chi connectivity index (χ0n) is 13.3. The van der Waals surface area contributed by atoms with Crippen molar-refractivity contribution in [2.24, 2.45) is 17.3 Å². The second kappa shape index (κ2) is 6.46. The average Bonchev–Trinajstić information content (AvgIpc) is 2.83. The number of rotatable bonds is 4. The molecule has 1 aliphatic heterocycles. The predicted octanol–water partition coefficient (Wildman–Crippen LogP) is 1.89. The Balaban J connectivity index is 1.91. The smallest absolute Gasteiger partial charge is 0.232 e. The first-order valence-electron chi connectivity index (χ1n) is 7.59. The standard InChI is InChI=1S/C17H23FN2O2/c1-17(2,3)13-10-20-16(22)14(13)15(21)19-9-8-11-4-6-12(18)7-5-11/h4-7,13-14H,8-10H2,1-3H3,(H,19,21)(H,20,22)/t13-,14-/m1/s1. The van der Waals surface area contributed by atoms with Gasteiger partial charge in [0.2, 0.25) is 11.8 Å². The van der Waals surface area contributed by atoms with Gasteiger partial charge in [-0.2, -0.15) is 0 Å². The molecule has 1 aromatic rings. The molecule has 0 aliphatic carbocycles. The highest BCUT2D eigenvalue weighted by molar-refractivity contribution is 6.02. The van der Waals surface area contributed by atoms with Gasteiger partial charge in [0, 0.05) is 19.0 Å². The number of hydrogen-bond acceptors (Lipinski definition) is 2. The van der Waals surface area contributed by atoms with Gasteiger partial charge in [0.1, 0.15) is 11.7 Å². The van der Waals surface area contributed by atoms with Gasteiger partial charge in [-0.1, -0.05) is 32.9 Å². The number of amides is 2. The summed E-state index contributed by atoms with van der Waals surface area (Å²) in [5, 5.41) is 5.61. The van der Waals surface area contributed by atoms with Crippen LogP contribution in [0.4, 0.5) is 4.39 Å². The van der Waals surface area contributed by atoms with Gasteiger partial charge in [0.25, 0.3) is 0 Å². The van der Waals surface area contributed by atoms with Crippen LogP contribution in [0.5, 0.6) is 0 Å². The number of hydrogen-bond donors (Lipinski definition) is 2.